The quantitative estimate of drug-likeness (QED) is 0.597. The fraction of sp³-hybridized carbons (Fsp3) is 0.588. The fourth-order valence-electron chi connectivity index (χ4n) is 2.48. The summed E-state index contributed by atoms with van der Waals surface area (Å²) in [6.45, 7) is 4.11. The van der Waals surface area contributed by atoms with E-state index < -0.39 is 0 Å². The highest BCUT2D eigenvalue weighted by atomic mass is 19.1. The lowest BCUT2D eigenvalue weighted by Crippen LogP contribution is -2.42. The van der Waals surface area contributed by atoms with Crippen LogP contribution in [-0.2, 0) is 4.74 Å². The van der Waals surface area contributed by atoms with Gasteiger partial charge >= 0.3 is 0 Å². The van der Waals surface area contributed by atoms with E-state index in [4.69, 9.17) is 9.47 Å². The van der Waals surface area contributed by atoms with Gasteiger partial charge in [-0.05, 0) is 38.3 Å². The summed E-state index contributed by atoms with van der Waals surface area (Å²) < 4.78 is 24.7. The van der Waals surface area contributed by atoms with Crippen molar-refractivity contribution in [2.75, 3.05) is 26.7 Å². The Bertz CT molecular complexity index is 504. The van der Waals surface area contributed by atoms with Crippen molar-refractivity contribution >= 4 is 5.96 Å². The normalized spacial score (nSPS) is 19.4. The Labute approximate surface area is 137 Å². The molecule has 0 amide bonds. The first-order valence-corrected chi connectivity index (χ1v) is 8.16. The van der Waals surface area contributed by atoms with E-state index in [0.717, 1.165) is 32.4 Å². The highest BCUT2D eigenvalue weighted by molar-refractivity contribution is 5.79. The van der Waals surface area contributed by atoms with Gasteiger partial charge in [-0.1, -0.05) is 12.1 Å². The first-order chi connectivity index (χ1) is 11.2. The topological polar surface area (TPSA) is 54.9 Å². The zero-order valence-electron chi connectivity index (χ0n) is 13.8. The van der Waals surface area contributed by atoms with Crippen LogP contribution in [-0.4, -0.2) is 44.9 Å². The molecule has 2 rings (SSSR count). The standard InChI is InChI=1S/C17H26FN3O2/c1-13(23-16-8-4-3-7-15(16)18)12-21-17(19-2)20-10-9-14-6-5-11-22-14/h3-4,7-8,13-14H,5-6,9-12H2,1-2H3,(H2,19,20,21). The lowest BCUT2D eigenvalue weighted by molar-refractivity contribution is 0.105. The molecule has 0 spiro atoms. The van der Waals surface area contributed by atoms with Crippen molar-refractivity contribution in [2.24, 2.45) is 4.99 Å². The third-order valence-electron chi connectivity index (χ3n) is 3.73. The first-order valence-electron chi connectivity index (χ1n) is 8.16. The SMILES string of the molecule is CN=C(NCCC1CCCO1)NCC(C)Oc1ccccc1F. The molecule has 1 heterocycles. The number of para-hydroxylation sites is 1. The van der Waals surface area contributed by atoms with Crippen LogP contribution in [0.4, 0.5) is 4.39 Å². The summed E-state index contributed by atoms with van der Waals surface area (Å²) in [6, 6.07) is 6.41. The molecule has 1 fully saturated rings. The summed E-state index contributed by atoms with van der Waals surface area (Å²) in [7, 11) is 1.73. The van der Waals surface area contributed by atoms with Crippen LogP contribution in [0, 0.1) is 5.82 Å². The number of guanidine groups is 1. The van der Waals surface area contributed by atoms with Crippen LogP contribution in [0.3, 0.4) is 0 Å². The van der Waals surface area contributed by atoms with E-state index in [1.165, 1.54) is 6.07 Å². The molecule has 5 nitrogen and oxygen atoms in total. The number of hydrogen-bond donors (Lipinski definition) is 2. The van der Waals surface area contributed by atoms with E-state index in [9.17, 15) is 4.39 Å². The molecule has 2 unspecified atom stereocenters. The Morgan fingerprint density at radius 2 is 2.26 bits per heavy atom. The van der Waals surface area contributed by atoms with Gasteiger partial charge < -0.3 is 20.1 Å². The highest BCUT2D eigenvalue weighted by Gasteiger charge is 2.15. The van der Waals surface area contributed by atoms with Gasteiger partial charge in [0.05, 0.1) is 12.6 Å². The van der Waals surface area contributed by atoms with Crippen LogP contribution in [0.2, 0.25) is 0 Å². The number of halogens is 1. The van der Waals surface area contributed by atoms with Gasteiger partial charge in [0.2, 0.25) is 0 Å². The van der Waals surface area contributed by atoms with Crippen LogP contribution < -0.4 is 15.4 Å². The second-order valence-corrected chi connectivity index (χ2v) is 5.66. The summed E-state index contributed by atoms with van der Waals surface area (Å²) in [5.41, 5.74) is 0. The molecule has 1 aromatic carbocycles. The maximum absolute atomic E-state index is 13.5. The molecule has 23 heavy (non-hydrogen) atoms. The molecule has 1 aliphatic rings. The molecule has 1 aliphatic heterocycles. The van der Waals surface area contributed by atoms with Gasteiger partial charge in [-0.2, -0.15) is 0 Å². The molecular formula is C17H26FN3O2. The second-order valence-electron chi connectivity index (χ2n) is 5.66. The van der Waals surface area contributed by atoms with Crippen LogP contribution in [0.1, 0.15) is 26.2 Å². The fourth-order valence-corrected chi connectivity index (χ4v) is 2.48. The van der Waals surface area contributed by atoms with Gasteiger partial charge in [-0.25, -0.2) is 4.39 Å². The number of nitrogens with zero attached hydrogens (tertiary/aromatic N) is 1. The lowest BCUT2D eigenvalue weighted by atomic mass is 10.2. The second kappa shape index (κ2) is 9.35. The zero-order chi connectivity index (χ0) is 16.5. The Balaban J connectivity index is 1.67. The summed E-state index contributed by atoms with van der Waals surface area (Å²) in [5.74, 6) is 0.633. The van der Waals surface area contributed by atoms with E-state index >= 15 is 0 Å². The molecule has 128 valence electrons. The summed E-state index contributed by atoms with van der Waals surface area (Å²) in [4.78, 5) is 4.17. The Morgan fingerprint density at radius 3 is 2.96 bits per heavy atom. The monoisotopic (exact) mass is 323 g/mol. The minimum absolute atomic E-state index is 0.177. The molecule has 2 atom stereocenters. The molecule has 2 N–H and O–H groups in total. The first kappa shape index (κ1) is 17.5. The van der Waals surface area contributed by atoms with Gasteiger partial charge in [0, 0.05) is 20.2 Å². The van der Waals surface area contributed by atoms with Crippen molar-refractivity contribution in [3.63, 3.8) is 0 Å². The third kappa shape index (κ3) is 6.06. The van der Waals surface area contributed by atoms with Gasteiger partial charge in [0.1, 0.15) is 6.10 Å². The summed E-state index contributed by atoms with van der Waals surface area (Å²) in [5, 5.41) is 6.44. The lowest BCUT2D eigenvalue weighted by Gasteiger charge is -2.18. The number of aliphatic imine (C=N–C) groups is 1. The van der Waals surface area contributed by atoms with E-state index in [-0.39, 0.29) is 17.7 Å². The van der Waals surface area contributed by atoms with Crippen molar-refractivity contribution < 1.29 is 13.9 Å². The molecule has 1 aromatic rings. The number of rotatable bonds is 7. The Morgan fingerprint density at radius 1 is 1.43 bits per heavy atom. The molecule has 6 heteroatoms. The number of ether oxygens (including phenoxy) is 2. The smallest absolute Gasteiger partial charge is 0.191 e. The molecule has 0 aliphatic carbocycles. The van der Waals surface area contributed by atoms with E-state index in [2.05, 4.69) is 15.6 Å². The molecular weight excluding hydrogens is 297 g/mol. The average molecular weight is 323 g/mol. The van der Waals surface area contributed by atoms with Crippen molar-refractivity contribution in [1.82, 2.24) is 10.6 Å². The van der Waals surface area contributed by atoms with Crippen LogP contribution in [0.25, 0.3) is 0 Å². The van der Waals surface area contributed by atoms with E-state index in [0.29, 0.717) is 18.6 Å². The summed E-state index contributed by atoms with van der Waals surface area (Å²) in [6.07, 6.45) is 3.46. The van der Waals surface area contributed by atoms with Crippen molar-refractivity contribution in [1.29, 1.82) is 0 Å². The molecule has 0 aromatic heterocycles. The van der Waals surface area contributed by atoms with Crippen molar-refractivity contribution in [2.45, 2.75) is 38.4 Å². The molecule has 0 saturated carbocycles. The van der Waals surface area contributed by atoms with Crippen LogP contribution in [0.15, 0.2) is 29.3 Å². The predicted octanol–water partition coefficient (Wildman–Crippen LogP) is 2.33. The van der Waals surface area contributed by atoms with Crippen LogP contribution in [0.5, 0.6) is 5.75 Å². The van der Waals surface area contributed by atoms with E-state index in [1.54, 1.807) is 25.2 Å². The van der Waals surface area contributed by atoms with Gasteiger partial charge in [-0.15, -0.1) is 0 Å². The summed E-state index contributed by atoms with van der Waals surface area (Å²) >= 11 is 0. The Kier molecular flexibility index (Phi) is 7.13. The number of nitrogens with one attached hydrogen (secondary N) is 2. The minimum Gasteiger partial charge on any atom is -0.486 e. The Hall–Kier alpha value is -1.82. The third-order valence-corrected chi connectivity index (χ3v) is 3.73. The highest BCUT2D eigenvalue weighted by Crippen LogP contribution is 2.16. The zero-order valence-corrected chi connectivity index (χ0v) is 13.8. The van der Waals surface area contributed by atoms with Gasteiger partial charge in [0.15, 0.2) is 17.5 Å². The maximum Gasteiger partial charge on any atom is 0.191 e. The van der Waals surface area contributed by atoms with Crippen molar-refractivity contribution in [3.05, 3.63) is 30.1 Å². The largest absolute Gasteiger partial charge is 0.486 e. The van der Waals surface area contributed by atoms with Crippen molar-refractivity contribution in [3.8, 4) is 5.75 Å². The number of hydrogen-bond acceptors (Lipinski definition) is 3. The molecule has 0 radical (unpaired) electrons. The molecule has 0 bridgehead atoms. The number of benzene rings is 1. The average Bonchev–Trinajstić information content (AvgIpc) is 3.06. The molecule has 1 saturated heterocycles. The van der Waals surface area contributed by atoms with Crippen LogP contribution >= 0.6 is 0 Å². The minimum atomic E-state index is -0.349. The maximum atomic E-state index is 13.5. The van der Waals surface area contributed by atoms with E-state index in [1.807, 2.05) is 6.92 Å². The predicted molar refractivity (Wildman–Crippen MR) is 89.4 cm³/mol. The van der Waals surface area contributed by atoms with Gasteiger partial charge in [-0.3, -0.25) is 4.99 Å². The van der Waals surface area contributed by atoms with Gasteiger partial charge in [0.25, 0.3) is 0 Å².